The van der Waals surface area contributed by atoms with Crippen LogP contribution in [0.2, 0.25) is 0 Å². The van der Waals surface area contributed by atoms with Gasteiger partial charge >= 0.3 is 6.16 Å². The van der Waals surface area contributed by atoms with E-state index in [1.165, 1.54) is 24.9 Å². The standard InChI is InChI=1S/C28H27N3O5/c1-31(2)18-20-9-14-22(15-10-20)21-12-7-19(8-13-21)11-16-24(32)27-29-17-25(35-27)23-5-4-6-26(30-23)36-28(33)34-3/h4-10,12-15,17H,11,16,18H2,1-3H3. The van der Waals surface area contributed by atoms with E-state index in [-0.39, 0.29) is 24.0 Å². The fourth-order valence-corrected chi connectivity index (χ4v) is 3.65. The van der Waals surface area contributed by atoms with Crippen molar-refractivity contribution in [3.8, 4) is 28.5 Å². The summed E-state index contributed by atoms with van der Waals surface area (Å²) in [6.45, 7) is 0.909. The van der Waals surface area contributed by atoms with Gasteiger partial charge in [-0.05, 0) is 48.8 Å². The van der Waals surface area contributed by atoms with Crippen LogP contribution in [0.15, 0.2) is 77.3 Å². The number of nitrogens with zero attached hydrogens (tertiary/aromatic N) is 3. The lowest BCUT2D eigenvalue weighted by Gasteiger charge is -2.10. The van der Waals surface area contributed by atoms with Crippen molar-refractivity contribution in [1.82, 2.24) is 14.9 Å². The fourth-order valence-electron chi connectivity index (χ4n) is 3.65. The van der Waals surface area contributed by atoms with Crippen molar-refractivity contribution in [3.05, 3.63) is 89.9 Å². The second-order valence-electron chi connectivity index (χ2n) is 8.50. The number of Topliss-reactive ketones (excluding diaryl/α,β-unsaturated/α-hetero) is 1. The van der Waals surface area contributed by atoms with E-state index < -0.39 is 6.16 Å². The number of ketones is 1. The molecule has 0 aliphatic carbocycles. The number of benzene rings is 2. The smallest absolute Gasteiger partial charge is 0.437 e. The summed E-state index contributed by atoms with van der Waals surface area (Å²) in [7, 11) is 5.32. The van der Waals surface area contributed by atoms with Gasteiger partial charge in [-0.1, -0.05) is 54.6 Å². The van der Waals surface area contributed by atoms with Gasteiger partial charge in [0.25, 0.3) is 5.89 Å². The first kappa shape index (κ1) is 24.8. The third-order valence-corrected chi connectivity index (χ3v) is 5.46. The Bertz CT molecular complexity index is 1330. The average molecular weight is 486 g/mol. The maximum Gasteiger partial charge on any atom is 0.514 e. The number of carbonyl (C=O) groups is 2. The van der Waals surface area contributed by atoms with Crippen LogP contribution in [0.5, 0.6) is 5.88 Å². The van der Waals surface area contributed by atoms with Crippen LogP contribution in [0, 0.1) is 0 Å². The average Bonchev–Trinajstić information content (AvgIpc) is 3.38. The van der Waals surface area contributed by atoms with Crippen LogP contribution in [0.3, 0.4) is 0 Å². The highest BCUT2D eigenvalue weighted by atomic mass is 16.7. The highest BCUT2D eigenvalue weighted by Crippen LogP contribution is 2.23. The molecule has 8 nitrogen and oxygen atoms in total. The summed E-state index contributed by atoms with van der Waals surface area (Å²) in [5, 5.41) is 0. The molecule has 0 unspecified atom stereocenters. The van der Waals surface area contributed by atoms with Crippen LogP contribution < -0.4 is 4.74 Å². The largest absolute Gasteiger partial charge is 0.514 e. The summed E-state index contributed by atoms with van der Waals surface area (Å²) < 4.78 is 15.0. The van der Waals surface area contributed by atoms with Crippen molar-refractivity contribution in [2.24, 2.45) is 0 Å². The molecule has 2 heterocycles. The number of aryl methyl sites for hydroxylation is 1. The number of carbonyl (C=O) groups excluding carboxylic acids is 2. The van der Waals surface area contributed by atoms with E-state index in [1.807, 2.05) is 12.1 Å². The Morgan fingerprint density at radius 1 is 0.917 bits per heavy atom. The Labute approximate surface area is 209 Å². The highest BCUT2D eigenvalue weighted by molar-refractivity contribution is 5.92. The Morgan fingerprint density at radius 3 is 2.22 bits per heavy atom. The first-order chi connectivity index (χ1) is 17.4. The molecule has 2 aromatic heterocycles. The number of hydrogen-bond acceptors (Lipinski definition) is 8. The van der Waals surface area contributed by atoms with Crippen molar-refractivity contribution in [2.75, 3.05) is 21.2 Å². The molecule has 2 aromatic carbocycles. The normalized spacial score (nSPS) is 10.9. The van der Waals surface area contributed by atoms with Gasteiger partial charge < -0.3 is 18.8 Å². The predicted octanol–water partition coefficient (Wildman–Crippen LogP) is 5.43. The highest BCUT2D eigenvalue weighted by Gasteiger charge is 2.16. The second-order valence-corrected chi connectivity index (χ2v) is 8.50. The summed E-state index contributed by atoms with van der Waals surface area (Å²) in [4.78, 5) is 34.3. The van der Waals surface area contributed by atoms with Gasteiger partial charge in [-0.15, -0.1) is 0 Å². The minimum absolute atomic E-state index is 0.0144. The molecule has 184 valence electrons. The summed E-state index contributed by atoms with van der Waals surface area (Å²) >= 11 is 0. The SMILES string of the molecule is COC(=O)Oc1cccc(-c2cnc(C(=O)CCc3ccc(-c4ccc(CN(C)C)cc4)cc3)o2)n1. The number of ether oxygens (including phenoxy) is 2. The number of aromatic nitrogens is 2. The molecular weight excluding hydrogens is 458 g/mol. The van der Waals surface area contributed by atoms with E-state index in [1.54, 1.807) is 12.1 Å². The fraction of sp³-hybridized carbons (Fsp3) is 0.214. The minimum Gasteiger partial charge on any atom is -0.437 e. The lowest BCUT2D eigenvalue weighted by Crippen LogP contribution is -2.10. The van der Waals surface area contributed by atoms with Crippen LogP contribution in [-0.2, 0) is 17.7 Å². The van der Waals surface area contributed by atoms with Gasteiger partial charge in [0.1, 0.15) is 5.69 Å². The van der Waals surface area contributed by atoms with Crippen molar-refractivity contribution < 1.29 is 23.5 Å². The van der Waals surface area contributed by atoms with E-state index in [0.29, 0.717) is 17.9 Å². The molecule has 0 N–H and O–H groups in total. The summed E-state index contributed by atoms with van der Waals surface area (Å²) in [5.74, 6) is 0.162. The molecule has 0 radical (unpaired) electrons. The maximum atomic E-state index is 12.6. The Morgan fingerprint density at radius 2 is 1.58 bits per heavy atom. The number of oxazole rings is 1. The minimum atomic E-state index is -0.876. The molecule has 0 bridgehead atoms. The van der Waals surface area contributed by atoms with Gasteiger partial charge in [0, 0.05) is 19.0 Å². The van der Waals surface area contributed by atoms with Crippen LogP contribution in [0.4, 0.5) is 4.79 Å². The number of pyridine rings is 1. The number of methoxy groups -OCH3 is 1. The zero-order chi connectivity index (χ0) is 25.5. The van der Waals surface area contributed by atoms with Crippen LogP contribution in [0.1, 0.15) is 28.2 Å². The molecule has 0 spiro atoms. The third-order valence-electron chi connectivity index (χ3n) is 5.46. The Balaban J connectivity index is 1.35. The quantitative estimate of drug-likeness (QED) is 0.229. The summed E-state index contributed by atoms with van der Waals surface area (Å²) in [6, 6.07) is 21.6. The van der Waals surface area contributed by atoms with Crippen molar-refractivity contribution in [1.29, 1.82) is 0 Å². The molecular formula is C28H27N3O5. The molecule has 4 rings (SSSR count). The van der Waals surface area contributed by atoms with Gasteiger partial charge in [-0.25, -0.2) is 14.8 Å². The lowest BCUT2D eigenvalue weighted by molar-refractivity contribution is 0.0950. The molecule has 0 aliphatic rings. The Hall–Kier alpha value is -4.30. The molecule has 0 saturated heterocycles. The van der Waals surface area contributed by atoms with Gasteiger partial charge in [0.15, 0.2) is 5.76 Å². The van der Waals surface area contributed by atoms with Gasteiger partial charge in [0.05, 0.1) is 13.3 Å². The van der Waals surface area contributed by atoms with E-state index >= 15 is 0 Å². The summed E-state index contributed by atoms with van der Waals surface area (Å²) in [5.41, 5.74) is 4.99. The van der Waals surface area contributed by atoms with Crippen LogP contribution in [0.25, 0.3) is 22.6 Å². The number of rotatable bonds is 9. The second kappa shape index (κ2) is 11.4. The first-order valence-electron chi connectivity index (χ1n) is 11.5. The molecule has 36 heavy (non-hydrogen) atoms. The molecule has 0 fully saturated rings. The van der Waals surface area contributed by atoms with Gasteiger partial charge in [0.2, 0.25) is 11.7 Å². The monoisotopic (exact) mass is 485 g/mol. The zero-order valence-corrected chi connectivity index (χ0v) is 20.4. The van der Waals surface area contributed by atoms with E-state index in [2.05, 4.69) is 70.1 Å². The van der Waals surface area contributed by atoms with Crippen molar-refractivity contribution in [2.45, 2.75) is 19.4 Å². The van der Waals surface area contributed by atoms with Crippen molar-refractivity contribution >= 4 is 11.9 Å². The number of hydrogen-bond donors (Lipinski definition) is 0. The van der Waals surface area contributed by atoms with Crippen LogP contribution >= 0.6 is 0 Å². The maximum absolute atomic E-state index is 12.6. The van der Waals surface area contributed by atoms with Crippen LogP contribution in [-0.4, -0.2) is 48.0 Å². The molecule has 0 atom stereocenters. The first-order valence-corrected chi connectivity index (χ1v) is 11.5. The van der Waals surface area contributed by atoms with E-state index in [9.17, 15) is 9.59 Å². The molecule has 0 saturated carbocycles. The van der Waals surface area contributed by atoms with Gasteiger partial charge in [-0.3, -0.25) is 4.79 Å². The predicted molar refractivity (Wildman–Crippen MR) is 135 cm³/mol. The topological polar surface area (TPSA) is 94.8 Å². The lowest BCUT2D eigenvalue weighted by atomic mass is 10.0. The molecule has 4 aromatic rings. The summed E-state index contributed by atoms with van der Waals surface area (Å²) in [6.07, 6.45) is 1.38. The molecule has 0 aliphatic heterocycles. The zero-order valence-electron chi connectivity index (χ0n) is 20.4. The molecule has 8 heteroatoms. The molecule has 0 amide bonds. The van der Waals surface area contributed by atoms with Gasteiger partial charge in [-0.2, -0.15) is 0 Å². The van der Waals surface area contributed by atoms with E-state index in [4.69, 9.17) is 9.15 Å². The third kappa shape index (κ3) is 6.43. The Kier molecular flexibility index (Phi) is 7.87. The van der Waals surface area contributed by atoms with Crippen molar-refractivity contribution in [3.63, 3.8) is 0 Å². The van der Waals surface area contributed by atoms with E-state index in [0.717, 1.165) is 23.2 Å².